The fraction of sp³-hybridized carbons (Fsp3) is 0.312. The molecule has 6 nitrogen and oxygen atoms in total. The first kappa shape index (κ1) is 17.2. The topological polar surface area (TPSA) is 84.3 Å². The lowest BCUT2D eigenvalue weighted by atomic mass is 10.1. The minimum Gasteiger partial charge on any atom is -0.466 e. The van der Waals surface area contributed by atoms with Gasteiger partial charge in [-0.25, -0.2) is 9.97 Å². The molecule has 0 aliphatic heterocycles. The van der Waals surface area contributed by atoms with Gasteiger partial charge in [0.15, 0.2) is 5.16 Å². The molecule has 1 aromatic heterocycles. The summed E-state index contributed by atoms with van der Waals surface area (Å²) < 4.78 is 4.95. The number of aromatic nitrogens is 2. The van der Waals surface area contributed by atoms with Crippen molar-refractivity contribution in [2.75, 3.05) is 18.2 Å². The van der Waals surface area contributed by atoms with E-state index in [4.69, 9.17) is 4.74 Å². The molecule has 0 aliphatic rings. The van der Waals surface area contributed by atoms with E-state index in [1.165, 1.54) is 11.8 Å². The van der Waals surface area contributed by atoms with E-state index in [0.29, 0.717) is 23.1 Å². The highest BCUT2D eigenvalue weighted by Crippen LogP contribution is 2.22. The van der Waals surface area contributed by atoms with Crippen LogP contribution in [-0.4, -0.2) is 33.9 Å². The number of rotatable bonds is 7. The van der Waals surface area contributed by atoms with Gasteiger partial charge in [0.2, 0.25) is 0 Å². The van der Waals surface area contributed by atoms with Gasteiger partial charge >= 0.3 is 5.97 Å². The molecule has 0 saturated carbocycles. The Hall–Kier alpha value is -2.12. The monoisotopic (exact) mass is 333 g/mol. The third kappa shape index (κ3) is 4.94. The summed E-state index contributed by atoms with van der Waals surface area (Å²) in [5.74, 6) is 0.299. The highest BCUT2D eigenvalue weighted by Gasteiger charge is 2.08. The Morgan fingerprint density at radius 1 is 1.43 bits per heavy atom. The van der Waals surface area contributed by atoms with E-state index in [1.807, 2.05) is 30.5 Å². The molecule has 7 heteroatoms. The normalized spacial score (nSPS) is 10.4. The van der Waals surface area contributed by atoms with Crippen molar-refractivity contribution in [2.24, 2.45) is 0 Å². The number of aliphatic hydroxyl groups excluding tert-OH is 1. The molecule has 1 heterocycles. The SMILES string of the molecule is CCOC(=O)Cc1cccc(Nc2nc(SC)ncc2CO)c1. The summed E-state index contributed by atoms with van der Waals surface area (Å²) in [6.07, 6.45) is 3.71. The van der Waals surface area contributed by atoms with E-state index in [-0.39, 0.29) is 19.0 Å². The van der Waals surface area contributed by atoms with Crippen LogP contribution in [0, 0.1) is 0 Å². The van der Waals surface area contributed by atoms with Crippen LogP contribution in [0.25, 0.3) is 0 Å². The lowest BCUT2D eigenvalue weighted by Crippen LogP contribution is -2.08. The molecular formula is C16H19N3O3S. The number of aliphatic hydroxyl groups is 1. The molecule has 2 rings (SSSR count). The zero-order valence-corrected chi connectivity index (χ0v) is 13.9. The maximum atomic E-state index is 11.6. The smallest absolute Gasteiger partial charge is 0.310 e. The van der Waals surface area contributed by atoms with Gasteiger partial charge in [-0.3, -0.25) is 4.79 Å². The molecule has 0 spiro atoms. The van der Waals surface area contributed by atoms with Crippen LogP contribution in [0.15, 0.2) is 35.6 Å². The van der Waals surface area contributed by atoms with Crippen molar-refractivity contribution in [3.63, 3.8) is 0 Å². The molecular weight excluding hydrogens is 314 g/mol. The molecule has 1 aromatic carbocycles. The first-order valence-electron chi connectivity index (χ1n) is 7.18. The van der Waals surface area contributed by atoms with Crippen LogP contribution in [-0.2, 0) is 22.6 Å². The van der Waals surface area contributed by atoms with E-state index >= 15 is 0 Å². The summed E-state index contributed by atoms with van der Waals surface area (Å²) >= 11 is 1.42. The zero-order valence-electron chi connectivity index (χ0n) is 13.1. The number of nitrogens with one attached hydrogen (secondary N) is 1. The third-order valence-corrected chi connectivity index (χ3v) is 3.60. The average molecular weight is 333 g/mol. The van der Waals surface area contributed by atoms with Gasteiger partial charge in [0.1, 0.15) is 5.82 Å². The first-order valence-corrected chi connectivity index (χ1v) is 8.41. The maximum absolute atomic E-state index is 11.6. The predicted molar refractivity (Wildman–Crippen MR) is 89.8 cm³/mol. The van der Waals surface area contributed by atoms with Crippen molar-refractivity contribution < 1.29 is 14.6 Å². The average Bonchev–Trinajstić information content (AvgIpc) is 2.55. The molecule has 0 amide bonds. The molecule has 0 bridgehead atoms. The van der Waals surface area contributed by atoms with Gasteiger partial charge in [-0.2, -0.15) is 0 Å². The lowest BCUT2D eigenvalue weighted by molar-refractivity contribution is -0.142. The highest BCUT2D eigenvalue weighted by molar-refractivity contribution is 7.98. The number of benzene rings is 1. The van der Waals surface area contributed by atoms with Gasteiger partial charge in [-0.05, 0) is 30.9 Å². The Morgan fingerprint density at radius 3 is 2.96 bits per heavy atom. The molecule has 122 valence electrons. The van der Waals surface area contributed by atoms with Crippen LogP contribution in [0.1, 0.15) is 18.1 Å². The van der Waals surface area contributed by atoms with E-state index in [2.05, 4.69) is 15.3 Å². The molecule has 2 N–H and O–H groups in total. The van der Waals surface area contributed by atoms with Crippen LogP contribution in [0.5, 0.6) is 0 Å². The standard InChI is InChI=1S/C16H19N3O3S/c1-3-22-14(21)8-11-5-4-6-13(7-11)18-15-12(10-20)9-17-16(19-15)23-2/h4-7,9,20H,3,8,10H2,1-2H3,(H,17,18,19). The van der Waals surface area contributed by atoms with Gasteiger partial charge in [-0.15, -0.1) is 0 Å². The summed E-state index contributed by atoms with van der Waals surface area (Å²) in [7, 11) is 0. The van der Waals surface area contributed by atoms with Crippen LogP contribution < -0.4 is 5.32 Å². The number of hydrogen-bond acceptors (Lipinski definition) is 7. The van der Waals surface area contributed by atoms with Crippen molar-refractivity contribution in [3.05, 3.63) is 41.6 Å². The van der Waals surface area contributed by atoms with E-state index in [9.17, 15) is 9.90 Å². The summed E-state index contributed by atoms with van der Waals surface area (Å²) in [5.41, 5.74) is 2.24. The Morgan fingerprint density at radius 2 is 2.26 bits per heavy atom. The van der Waals surface area contributed by atoms with E-state index in [0.717, 1.165) is 11.3 Å². The second-order valence-electron chi connectivity index (χ2n) is 4.70. The minimum absolute atomic E-state index is 0.153. The van der Waals surface area contributed by atoms with Gasteiger partial charge in [-0.1, -0.05) is 23.9 Å². The van der Waals surface area contributed by atoms with Gasteiger partial charge in [0.25, 0.3) is 0 Å². The van der Waals surface area contributed by atoms with Crippen LogP contribution >= 0.6 is 11.8 Å². The van der Waals surface area contributed by atoms with Crippen molar-refractivity contribution in [3.8, 4) is 0 Å². The quantitative estimate of drug-likeness (QED) is 0.457. The second-order valence-corrected chi connectivity index (χ2v) is 5.47. The number of carbonyl (C=O) groups excluding carboxylic acids is 1. The number of ether oxygens (including phenoxy) is 1. The Kier molecular flexibility index (Phi) is 6.37. The van der Waals surface area contributed by atoms with E-state index < -0.39 is 0 Å². The maximum Gasteiger partial charge on any atom is 0.310 e. The van der Waals surface area contributed by atoms with Gasteiger partial charge < -0.3 is 15.2 Å². The van der Waals surface area contributed by atoms with Gasteiger partial charge in [0, 0.05) is 17.4 Å². The Balaban J connectivity index is 2.18. The summed E-state index contributed by atoms with van der Waals surface area (Å²) in [5, 5.41) is 13.2. The summed E-state index contributed by atoms with van der Waals surface area (Å²) in [6, 6.07) is 7.45. The fourth-order valence-corrected chi connectivity index (χ4v) is 2.33. The highest BCUT2D eigenvalue weighted by atomic mass is 32.2. The fourth-order valence-electron chi connectivity index (χ4n) is 1.99. The van der Waals surface area contributed by atoms with Crippen LogP contribution in [0.4, 0.5) is 11.5 Å². The number of esters is 1. The number of thioether (sulfide) groups is 1. The van der Waals surface area contributed by atoms with Crippen molar-refractivity contribution in [1.29, 1.82) is 0 Å². The molecule has 0 atom stereocenters. The number of anilines is 2. The number of carbonyl (C=O) groups is 1. The molecule has 0 saturated heterocycles. The minimum atomic E-state index is -0.257. The molecule has 23 heavy (non-hydrogen) atoms. The number of nitrogens with zero attached hydrogens (tertiary/aromatic N) is 2. The second kappa shape index (κ2) is 8.50. The Bertz CT molecular complexity index is 679. The summed E-state index contributed by atoms with van der Waals surface area (Å²) in [6.45, 7) is 2.00. The Labute approximate surface area is 139 Å². The van der Waals surface area contributed by atoms with Crippen LogP contribution in [0.3, 0.4) is 0 Å². The molecule has 0 unspecified atom stereocenters. The van der Waals surface area contributed by atoms with Gasteiger partial charge in [0.05, 0.1) is 19.6 Å². The molecule has 0 radical (unpaired) electrons. The lowest BCUT2D eigenvalue weighted by Gasteiger charge is -2.11. The molecule has 0 aliphatic carbocycles. The predicted octanol–water partition coefficient (Wildman–Crippen LogP) is 2.54. The largest absolute Gasteiger partial charge is 0.466 e. The number of hydrogen-bond donors (Lipinski definition) is 2. The third-order valence-electron chi connectivity index (χ3n) is 3.04. The van der Waals surface area contributed by atoms with Crippen molar-refractivity contribution >= 4 is 29.2 Å². The zero-order chi connectivity index (χ0) is 16.7. The molecule has 2 aromatic rings. The van der Waals surface area contributed by atoms with E-state index in [1.54, 1.807) is 13.1 Å². The molecule has 0 fully saturated rings. The van der Waals surface area contributed by atoms with Crippen molar-refractivity contribution in [2.45, 2.75) is 25.1 Å². The van der Waals surface area contributed by atoms with Crippen molar-refractivity contribution in [1.82, 2.24) is 9.97 Å². The first-order chi connectivity index (χ1) is 11.2. The van der Waals surface area contributed by atoms with Crippen LogP contribution in [0.2, 0.25) is 0 Å². The summed E-state index contributed by atoms with van der Waals surface area (Å²) in [4.78, 5) is 20.1.